The van der Waals surface area contributed by atoms with Crippen molar-refractivity contribution in [1.82, 2.24) is 25.1 Å². The number of pyridine rings is 2. The van der Waals surface area contributed by atoms with Gasteiger partial charge in [-0.2, -0.15) is 0 Å². The molecule has 0 saturated carbocycles. The summed E-state index contributed by atoms with van der Waals surface area (Å²) in [6.45, 7) is 3.90. The molecule has 204 valence electrons. The zero-order chi connectivity index (χ0) is 26.9. The average molecular weight is 528 g/mol. The molecule has 0 spiro atoms. The van der Waals surface area contributed by atoms with Gasteiger partial charge in [0.1, 0.15) is 5.75 Å². The second-order valence-corrected chi connectivity index (χ2v) is 10.5. The fraction of sp³-hybridized carbons (Fsp3) is 0.419. The van der Waals surface area contributed by atoms with Crippen molar-refractivity contribution in [2.45, 2.75) is 45.3 Å². The molecule has 0 aliphatic carbocycles. The summed E-state index contributed by atoms with van der Waals surface area (Å²) in [5.41, 5.74) is 2.85. The molecule has 1 fully saturated rings. The van der Waals surface area contributed by atoms with Gasteiger partial charge in [0.15, 0.2) is 0 Å². The van der Waals surface area contributed by atoms with Crippen molar-refractivity contribution < 1.29 is 14.3 Å². The van der Waals surface area contributed by atoms with Crippen LogP contribution in [0.1, 0.15) is 42.6 Å². The van der Waals surface area contributed by atoms with Gasteiger partial charge in [-0.25, -0.2) is 0 Å². The summed E-state index contributed by atoms with van der Waals surface area (Å²) in [5.74, 6) is 1.53. The number of hydrogen-bond donors (Lipinski definition) is 1. The Hall–Kier alpha value is -3.78. The van der Waals surface area contributed by atoms with E-state index in [-0.39, 0.29) is 23.7 Å². The number of fused-ring (bicyclic) bond motifs is 3. The molecule has 5 rings (SSSR count). The van der Waals surface area contributed by atoms with E-state index >= 15 is 0 Å². The number of hydrogen-bond acceptors (Lipinski definition) is 6. The Kier molecular flexibility index (Phi) is 9.17. The fourth-order valence-corrected chi connectivity index (χ4v) is 5.63. The molecule has 1 aromatic carbocycles. The molecule has 0 unspecified atom stereocenters. The van der Waals surface area contributed by atoms with Gasteiger partial charge in [0.2, 0.25) is 11.8 Å². The molecule has 2 aliphatic rings. The van der Waals surface area contributed by atoms with E-state index in [1.165, 1.54) is 0 Å². The SMILES string of the molecule is O=C(C[C@@H]1CCN2C[C@@H]1CCCOc1ccccc1CN(Cc1ccccn1)CC2=O)NCc1ccccn1. The van der Waals surface area contributed by atoms with Crippen LogP contribution in [0.3, 0.4) is 0 Å². The Morgan fingerprint density at radius 1 is 0.949 bits per heavy atom. The van der Waals surface area contributed by atoms with E-state index in [2.05, 4.69) is 26.3 Å². The van der Waals surface area contributed by atoms with Crippen molar-refractivity contribution in [2.75, 3.05) is 26.2 Å². The van der Waals surface area contributed by atoms with Crippen molar-refractivity contribution in [2.24, 2.45) is 11.8 Å². The van der Waals surface area contributed by atoms with Gasteiger partial charge in [-0.3, -0.25) is 24.5 Å². The number of rotatable bonds is 6. The van der Waals surface area contributed by atoms with Gasteiger partial charge in [-0.15, -0.1) is 0 Å². The lowest BCUT2D eigenvalue weighted by molar-refractivity contribution is -0.135. The van der Waals surface area contributed by atoms with Crippen LogP contribution in [0.15, 0.2) is 73.1 Å². The third-order valence-electron chi connectivity index (χ3n) is 7.70. The minimum atomic E-state index is 0.0417. The summed E-state index contributed by atoms with van der Waals surface area (Å²) in [6, 6.07) is 19.7. The molecule has 8 heteroatoms. The van der Waals surface area contributed by atoms with Gasteiger partial charge < -0.3 is 15.0 Å². The van der Waals surface area contributed by atoms with Crippen LogP contribution in [0.25, 0.3) is 0 Å². The van der Waals surface area contributed by atoms with Crippen LogP contribution in [0.4, 0.5) is 0 Å². The minimum Gasteiger partial charge on any atom is -0.493 e. The average Bonchev–Trinajstić information content (AvgIpc) is 2.97. The van der Waals surface area contributed by atoms with Crippen molar-refractivity contribution in [3.8, 4) is 5.75 Å². The van der Waals surface area contributed by atoms with Crippen LogP contribution in [0.5, 0.6) is 5.75 Å². The van der Waals surface area contributed by atoms with E-state index in [9.17, 15) is 9.59 Å². The van der Waals surface area contributed by atoms with Crippen LogP contribution in [0, 0.1) is 11.8 Å². The smallest absolute Gasteiger partial charge is 0.236 e. The molecule has 2 aliphatic heterocycles. The Morgan fingerprint density at radius 3 is 2.51 bits per heavy atom. The van der Waals surface area contributed by atoms with Crippen molar-refractivity contribution in [3.63, 3.8) is 0 Å². The second-order valence-electron chi connectivity index (χ2n) is 10.5. The quantitative estimate of drug-likeness (QED) is 0.525. The summed E-state index contributed by atoms with van der Waals surface area (Å²) < 4.78 is 6.24. The molecule has 2 amide bonds. The molecule has 0 radical (unpaired) electrons. The number of nitrogens with zero attached hydrogens (tertiary/aromatic N) is 4. The van der Waals surface area contributed by atoms with Gasteiger partial charge in [-0.1, -0.05) is 30.3 Å². The largest absolute Gasteiger partial charge is 0.493 e. The summed E-state index contributed by atoms with van der Waals surface area (Å²) in [6.07, 6.45) is 6.62. The highest BCUT2D eigenvalue weighted by Gasteiger charge is 2.33. The molecular weight excluding hydrogens is 490 g/mol. The van der Waals surface area contributed by atoms with E-state index in [0.29, 0.717) is 52.3 Å². The topological polar surface area (TPSA) is 87.7 Å². The Morgan fingerprint density at radius 2 is 1.72 bits per heavy atom. The number of para-hydroxylation sites is 1. The molecule has 39 heavy (non-hydrogen) atoms. The molecule has 1 N–H and O–H groups in total. The van der Waals surface area contributed by atoms with E-state index in [0.717, 1.165) is 42.0 Å². The zero-order valence-electron chi connectivity index (χ0n) is 22.4. The number of nitrogens with one attached hydrogen (secondary N) is 1. The number of amides is 2. The number of benzene rings is 1. The Balaban J connectivity index is 1.28. The van der Waals surface area contributed by atoms with Gasteiger partial charge >= 0.3 is 0 Å². The fourth-order valence-electron chi connectivity index (χ4n) is 5.63. The van der Waals surface area contributed by atoms with Crippen LogP contribution in [-0.2, 0) is 29.2 Å². The third kappa shape index (κ3) is 7.63. The monoisotopic (exact) mass is 527 g/mol. The Labute approximate surface area is 230 Å². The van der Waals surface area contributed by atoms with Crippen molar-refractivity contribution >= 4 is 11.8 Å². The first kappa shape index (κ1) is 26.8. The number of carbonyl (C=O) groups excluding carboxylic acids is 2. The maximum atomic E-state index is 13.6. The van der Waals surface area contributed by atoms with E-state index in [1.54, 1.807) is 12.4 Å². The molecule has 2 atom stereocenters. The van der Waals surface area contributed by atoms with Crippen molar-refractivity contribution in [1.29, 1.82) is 0 Å². The van der Waals surface area contributed by atoms with Crippen molar-refractivity contribution in [3.05, 3.63) is 90.0 Å². The molecule has 3 aromatic rings. The van der Waals surface area contributed by atoms with Crippen LogP contribution in [0.2, 0.25) is 0 Å². The minimum absolute atomic E-state index is 0.0417. The molecule has 2 bridgehead atoms. The molecule has 2 aromatic heterocycles. The third-order valence-corrected chi connectivity index (χ3v) is 7.70. The highest BCUT2D eigenvalue weighted by molar-refractivity contribution is 5.79. The highest BCUT2D eigenvalue weighted by Crippen LogP contribution is 2.31. The second kappa shape index (κ2) is 13.3. The summed E-state index contributed by atoms with van der Waals surface area (Å²) >= 11 is 0. The molecular formula is C31H37N5O3. The summed E-state index contributed by atoms with van der Waals surface area (Å²) in [7, 11) is 0. The van der Waals surface area contributed by atoms with Gasteiger partial charge in [0, 0.05) is 50.6 Å². The molecule has 4 heterocycles. The maximum absolute atomic E-state index is 13.6. The molecule has 1 saturated heterocycles. The Bertz CT molecular complexity index is 1220. The lowest BCUT2D eigenvalue weighted by Gasteiger charge is -2.39. The lowest BCUT2D eigenvalue weighted by Crippen LogP contribution is -2.48. The van der Waals surface area contributed by atoms with Crippen LogP contribution in [-0.4, -0.2) is 57.8 Å². The first-order valence-corrected chi connectivity index (χ1v) is 13.9. The van der Waals surface area contributed by atoms with Gasteiger partial charge in [-0.05, 0) is 61.4 Å². The first-order chi connectivity index (χ1) is 19.1. The van der Waals surface area contributed by atoms with E-state index in [1.807, 2.05) is 59.5 Å². The number of aromatic nitrogens is 2. The molecule has 8 nitrogen and oxygen atoms in total. The maximum Gasteiger partial charge on any atom is 0.236 e. The van der Waals surface area contributed by atoms with Gasteiger partial charge in [0.25, 0.3) is 0 Å². The number of piperidine rings is 1. The predicted molar refractivity (Wildman–Crippen MR) is 148 cm³/mol. The summed E-state index contributed by atoms with van der Waals surface area (Å²) in [5, 5.41) is 3.03. The highest BCUT2D eigenvalue weighted by atomic mass is 16.5. The normalized spacial score (nSPS) is 20.5. The van der Waals surface area contributed by atoms with Gasteiger partial charge in [0.05, 0.1) is 31.1 Å². The van der Waals surface area contributed by atoms with E-state index < -0.39 is 0 Å². The number of carbonyl (C=O) groups is 2. The van der Waals surface area contributed by atoms with Crippen LogP contribution >= 0.6 is 0 Å². The summed E-state index contributed by atoms with van der Waals surface area (Å²) in [4.78, 5) is 39.3. The standard InChI is InChI=1S/C31H37N5O3/c37-30(34-19-27-10-3-5-14-32-27)18-24-13-16-36-21-25(24)9-7-17-39-29-12-2-1-8-26(29)20-35(23-31(36)38)22-28-11-4-6-15-33-28/h1-6,8,10-12,14-15,24-25H,7,9,13,16-23H2,(H,34,37)/t24-,25-/m0/s1. The first-order valence-electron chi connectivity index (χ1n) is 13.9. The van der Waals surface area contributed by atoms with E-state index in [4.69, 9.17) is 4.74 Å². The lowest BCUT2D eigenvalue weighted by atomic mass is 9.80. The zero-order valence-corrected chi connectivity index (χ0v) is 22.4. The van der Waals surface area contributed by atoms with Crippen LogP contribution < -0.4 is 10.1 Å². The number of ether oxygens (including phenoxy) is 1. The predicted octanol–water partition coefficient (Wildman–Crippen LogP) is 3.82.